The number of ether oxygens (including phenoxy) is 1. The molecule has 6 nitrogen and oxygen atoms in total. The van der Waals surface area contributed by atoms with E-state index in [1.807, 2.05) is 0 Å². The SMILES string of the molecule is NCc1cc(S(=O)(=O)NCCOCC(F)(F)F)c(Br)o1. The Balaban J connectivity index is 2.51. The fourth-order valence-corrected chi connectivity index (χ4v) is 3.20. The summed E-state index contributed by atoms with van der Waals surface area (Å²) in [7, 11) is -3.90. The molecule has 20 heavy (non-hydrogen) atoms. The van der Waals surface area contributed by atoms with Crippen molar-refractivity contribution in [3.05, 3.63) is 16.5 Å². The molecule has 0 bridgehead atoms. The van der Waals surface area contributed by atoms with Gasteiger partial charge in [0.15, 0.2) is 4.67 Å². The predicted molar refractivity (Wildman–Crippen MR) is 66.4 cm³/mol. The van der Waals surface area contributed by atoms with Crippen LogP contribution in [0.5, 0.6) is 0 Å². The maximum atomic E-state index is 11.8. The number of nitrogens with one attached hydrogen (secondary N) is 1. The lowest BCUT2D eigenvalue weighted by atomic mass is 10.5. The number of hydrogen-bond acceptors (Lipinski definition) is 5. The topological polar surface area (TPSA) is 94.6 Å². The lowest BCUT2D eigenvalue weighted by molar-refractivity contribution is -0.173. The summed E-state index contributed by atoms with van der Waals surface area (Å²) in [4.78, 5) is -0.172. The van der Waals surface area contributed by atoms with Crippen LogP contribution >= 0.6 is 15.9 Å². The smallest absolute Gasteiger partial charge is 0.411 e. The van der Waals surface area contributed by atoms with Gasteiger partial charge in [-0.3, -0.25) is 0 Å². The van der Waals surface area contributed by atoms with Crippen molar-refractivity contribution >= 4 is 26.0 Å². The van der Waals surface area contributed by atoms with E-state index < -0.39 is 29.4 Å². The van der Waals surface area contributed by atoms with Gasteiger partial charge < -0.3 is 14.9 Å². The van der Waals surface area contributed by atoms with Gasteiger partial charge in [-0.1, -0.05) is 0 Å². The Bertz CT molecular complexity index is 544. The van der Waals surface area contributed by atoms with Gasteiger partial charge in [0, 0.05) is 12.6 Å². The maximum Gasteiger partial charge on any atom is 0.411 e. The molecule has 11 heteroatoms. The molecule has 116 valence electrons. The van der Waals surface area contributed by atoms with E-state index in [1.165, 1.54) is 6.07 Å². The Hall–Kier alpha value is -0.620. The van der Waals surface area contributed by atoms with Crippen molar-refractivity contribution in [3.8, 4) is 0 Å². The third-order valence-electron chi connectivity index (χ3n) is 2.00. The summed E-state index contributed by atoms with van der Waals surface area (Å²) in [6.07, 6.45) is -4.44. The second-order valence-corrected chi connectivity index (χ2v) is 6.08. The molecule has 1 aromatic rings. The molecule has 0 radical (unpaired) electrons. The molecule has 0 atom stereocenters. The van der Waals surface area contributed by atoms with Crippen molar-refractivity contribution in [1.82, 2.24) is 4.72 Å². The summed E-state index contributed by atoms with van der Waals surface area (Å²) in [6.45, 7) is -2.11. The first-order valence-electron chi connectivity index (χ1n) is 5.28. The van der Waals surface area contributed by atoms with Gasteiger partial charge in [0.25, 0.3) is 0 Å². The highest BCUT2D eigenvalue weighted by molar-refractivity contribution is 9.10. The standard InChI is InChI=1S/C9H12BrF3N2O4S/c10-8-7(3-6(4-14)19-8)20(16,17)15-1-2-18-5-9(11,12)13/h3,15H,1-2,4-5,14H2. The van der Waals surface area contributed by atoms with Gasteiger partial charge in [0.2, 0.25) is 10.0 Å². The minimum atomic E-state index is -4.44. The number of sulfonamides is 1. The van der Waals surface area contributed by atoms with Crippen LogP contribution in [0.1, 0.15) is 5.76 Å². The van der Waals surface area contributed by atoms with Gasteiger partial charge in [-0.15, -0.1) is 0 Å². The Kier molecular flexibility index (Phi) is 6.01. The molecule has 0 aliphatic rings. The van der Waals surface area contributed by atoms with E-state index in [1.54, 1.807) is 0 Å². The first-order chi connectivity index (χ1) is 9.15. The lowest BCUT2D eigenvalue weighted by Crippen LogP contribution is -2.29. The van der Waals surface area contributed by atoms with E-state index in [-0.39, 0.29) is 28.4 Å². The Labute approximate surface area is 121 Å². The number of hydrogen-bond donors (Lipinski definition) is 2. The van der Waals surface area contributed by atoms with Crippen LogP contribution in [0, 0.1) is 0 Å². The van der Waals surface area contributed by atoms with Crippen molar-refractivity contribution in [2.75, 3.05) is 19.8 Å². The van der Waals surface area contributed by atoms with Crippen LogP contribution in [0.4, 0.5) is 13.2 Å². The van der Waals surface area contributed by atoms with Crippen molar-refractivity contribution in [3.63, 3.8) is 0 Å². The number of alkyl halides is 3. The highest BCUT2D eigenvalue weighted by Crippen LogP contribution is 2.25. The molecule has 0 saturated heterocycles. The first-order valence-corrected chi connectivity index (χ1v) is 7.56. The molecule has 1 rings (SSSR count). The largest absolute Gasteiger partial charge is 0.452 e. The molecule has 1 heterocycles. The summed E-state index contributed by atoms with van der Waals surface area (Å²) in [5.74, 6) is 0.255. The third kappa shape index (κ3) is 5.40. The normalized spacial score (nSPS) is 12.8. The maximum absolute atomic E-state index is 11.8. The molecular formula is C9H12BrF3N2O4S. The van der Waals surface area contributed by atoms with Gasteiger partial charge in [0.1, 0.15) is 17.3 Å². The average Bonchev–Trinajstić information content (AvgIpc) is 2.69. The zero-order valence-corrected chi connectivity index (χ0v) is 12.4. The van der Waals surface area contributed by atoms with Crippen molar-refractivity contribution in [1.29, 1.82) is 0 Å². The fraction of sp³-hybridized carbons (Fsp3) is 0.556. The molecule has 0 aromatic carbocycles. The van der Waals surface area contributed by atoms with Crippen LogP contribution in [0.2, 0.25) is 0 Å². The number of nitrogens with two attached hydrogens (primary N) is 1. The second kappa shape index (κ2) is 6.89. The molecule has 0 aliphatic carbocycles. The highest BCUT2D eigenvalue weighted by atomic mass is 79.9. The quantitative estimate of drug-likeness (QED) is 0.696. The van der Waals surface area contributed by atoms with E-state index in [2.05, 4.69) is 25.4 Å². The Morgan fingerprint density at radius 2 is 2.10 bits per heavy atom. The van der Waals surface area contributed by atoms with Crippen LogP contribution in [-0.2, 0) is 21.3 Å². The highest BCUT2D eigenvalue weighted by Gasteiger charge is 2.27. The van der Waals surface area contributed by atoms with Crippen molar-refractivity contribution in [2.24, 2.45) is 5.73 Å². The molecule has 0 unspecified atom stereocenters. The zero-order valence-electron chi connectivity index (χ0n) is 10.0. The van der Waals surface area contributed by atoms with E-state index in [4.69, 9.17) is 10.2 Å². The summed E-state index contributed by atoms with van der Waals surface area (Å²) in [5, 5.41) is 0. The summed E-state index contributed by atoms with van der Waals surface area (Å²) in [5.41, 5.74) is 5.30. The predicted octanol–water partition coefficient (Wildman–Crippen LogP) is 1.36. The van der Waals surface area contributed by atoms with Crippen LogP contribution < -0.4 is 10.5 Å². The minimum Gasteiger partial charge on any atom is -0.452 e. The van der Waals surface area contributed by atoms with Crippen LogP contribution in [0.3, 0.4) is 0 Å². The number of halogens is 4. The second-order valence-electron chi connectivity index (χ2n) is 3.62. The van der Waals surface area contributed by atoms with Crippen molar-refractivity contribution < 1.29 is 30.7 Å². The Morgan fingerprint density at radius 1 is 1.45 bits per heavy atom. The van der Waals surface area contributed by atoms with E-state index >= 15 is 0 Å². The van der Waals surface area contributed by atoms with Gasteiger partial charge in [0.05, 0.1) is 13.2 Å². The Morgan fingerprint density at radius 3 is 2.60 bits per heavy atom. The molecule has 1 aromatic heterocycles. The molecule has 0 fully saturated rings. The monoisotopic (exact) mass is 380 g/mol. The van der Waals surface area contributed by atoms with E-state index in [0.717, 1.165) is 0 Å². The van der Waals surface area contributed by atoms with Crippen molar-refractivity contribution in [2.45, 2.75) is 17.6 Å². The average molecular weight is 381 g/mol. The fourth-order valence-electron chi connectivity index (χ4n) is 1.20. The molecule has 0 spiro atoms. The summed E-state index contributed by atoms with van der Waals surface area (Å²) < 4.78 is 70.3. The van der Waals surface area contributed by atoms with E-state index in [9.17, 15) is 21.6 Å². The van der Waals surface area contributed by atoms with E-state index in [0.29, 0.717) is 0 Å². The number of rotatable bonds is 7. The van der Waals surface area contributed by atoms with Gasteiger partial charge in [-0.25, -0.2) is 13.1 Å². The molecule has 0 amide bonds. The van der Waals surface area contributed by atoms with Crippen LogP contribution in [0.15, 0.2) is 20.0 Å². The molecular weight excluding hydrogens is 369 g/mol. The van der Waals surface area contributed by atoms with Gasteiger partial charge >= 0.3 is 6.18 Å². The number of furan rings is 1. The summed E-state index contributed by atoms with van der Waals surface area (Å²) >= 11 is 2.92. The minimum absolute atomic E-state index is 0.0167. The molecule has 3 N–H and O–H groups in total. The zero-order chi connectivity index (χ0) is 15.4. The molecule has 0 aliphatic heterocycles. The van der Waals surface area contributed by atoms with Crippen LogP contribution in [-0.4, -0.2) is 34.4 Å². The third-order valence-corrected chi connectivity index (χ3v) is 4.32. The van der Waals surface area contributed by atoms with Gasteiger partial charge in [-0.2, -0.15) is 13.2 Å². The van der Waals surface area contributed by atoms with Gasteiger partial charge in [-0.05, 0) is 15.9 Å². The first kappa shape index (κ1) is 17.4. The van der Waals surface area contributed by atoms with Crippen LogP contribution in [0.25, 0.3) is 0 Å². The lowest BCUT2D eigenvalue weighted by Gasteiger charge is -2.08. The summed E-state index contributed by atoms with van der Waals surface area (Å²) in [6, 6.07) is 1.23. The molecule has 0 saturated carbocycles.